The van der Waals surface area contributed by atoms with Gasteiger partial charge in [-0.3, -0.25) is 9.89 Å². The maximum atomic E-state index is 13.4. The van der Waals surface area contributed by atoms with Crippen LogP contribution in [0.15, 0.2) is 29.3 Å². The van der Waals surface area contributed by atoms with Crippen molar-refractivity contribution in [2.75, 3.05) is 65.9 Å². The fourth-order valence-electron chi connectivity index (χ4n) is 3.89. The summed E-state index contributed by atoms with van der Waals surface area (Å²) in [5, 5.41) is 6.99. The number of morpholine rings is 1. The number of rotatable bonds is 7. The zero-order chi connectivity index (χ0) is 20.5. The molecule has 1 aromatic carbocycles. The third-order valence-electron chi connectivity index (χ3n) is 5.84. The number of ether oxygens (including phenoxy) is 2. The van der Waals surface area contributed by atoms with Crippen LogP contribution in [0.3, 0.4) is 0 Å². The first-order chi connectivity index (χ1) is 14.2. The molecule has 3 rings (SSSR count). The molecule has 0 spiro atoms. The molecule has 1 unspecified atom stereocenters. The lowest BCUT2D eigenvalue weighted by Crippen LogP contribution is -2.50. The molecule has 0 amide bonds. The SMILES string of the molecule is CN=C(NCC(c1ccc(F)cc1)N1CCOCC1)NCC1(SC)CCOCC1.I. The van der Waals surface area contributed by atoms with Gasteiger partial charge in [0.2, 0.25) is 0 Å². The quantitative estimate of drug-likeness (QED) is 0.309. The van der Waals surface area contributed by atoms with Crippen molar-refractivity contribution < 1.29 is 13.9 Å². The molecule has 1 aromatic rings. The first-order valence-electron chi connectivity index (χ1n) is 10.3. The van der Waals surface area contributed by atoms with Crippen LogP contribution >= 0.6 is 35.7 Å². The molecule has 2 fully saturated rings. The molecule has 9 heteroatoms. The van der Waals surface area contributed by atoms with Gasteiger partial charge in [0.15, 0.2) is 5.96 Å². The van der Waals surface area contributed by atoms with Gasteiger partial charge >= 0.3 is 0 Å². The minimum atomic E-state index is -0.210. The molecule has 170 valence electrons. The van der Waals surface area contributed by atoms with Crippen molar-refractivity contribution in [1.82, 2.24) is 15.5 Å². The summed E-state index contributed by atoms with van der Waals surface area (Å²) in [5.74, 6) is 0.587. The zero-order valence-corrected chi connectivity index (χ0v) is 21.0. The van der Waals surface area contributed by atoms with Crippen molar-refractivity contribution >= 4 is 41.7 Å². The van der Waals surface area contributed by atoms with Crippen LogP contribution in [0.2, 0.25) is 0 Å². The first kappa shape index (κ1) is 25.6. The van der Waals surface area contributed by atoms with Crippen molar-refractivity contribution in [3.8, 4) is 0 Å². The van der Waals surface area contributed by atoms with Crippen LogP contribution < -0.4 is 10.6 Å². The Kier molecular flexibility index (Phi) is 11.2. The van der Waals surface area contributed by atoms with E-state index in [0.717, 1.165) is 70.4 Å². The minimum absolute atomic E-state index is 0. The van der Waals surface area contributed by atoms with E-state index in [2.05, 4.69) is 26.8 Å². The molecule has 2 saturated heterocycles. The second-order valence-corrected chi connectivity index (χ2v) is 8.80. The molecule has 30 heavy (non-hydrogen) atoms. The average Bonchev–Trinajstić information content (AvgIpc) is 2.78. The van der Waals surface area contributed by atoms with Crippen molar-refractivity contribution in [3.05, 3.63) is 35.6 Å². The predicted octanol–water partition coefficient (Wildman–Crippen LogP) is 2.89. The number of nitrogens with one attached hydrogen (secondary N) is 2. The van der Waals surface area contributed by atoms with E-state index in [0.29, 0.717) is 6.54 Å². The van der Waals surface area contributed by atoms with Crippen LogP contribution in [-0.4, -0.2) is 81.5 Å². The van der Waals surface area contributed by atoms with Gasteiger partial charge in [0.05, 0.1) is 19.3 Å². The topological polar surface area (TPSA) is 58.1 Å². The van der Waals surface area contributed by atoms with E-state index < -0.39 is 0 Å². The second-order valence-electron chi connectivity index (χ2n) is 7.52. The number of thioether (sulfide) groups is 1. The second kappa shape index (κ2) is 13.0. The van der Waals surface area contributed by atoms with Crippen LogP contribution in [0.1, 0.15) is 24.4 Å². The Morgan fingerprint density at radius 3 is 2.37 bits per heavy atom. The third kappa shape index (κ3) is 7.22. The van der Waals surface area contributed by atoms with Crippen molar-refractivity contribution in [1.29, 1.82) is 0 Å². The molecular weight excluding hydrogens is 518 g/mol. The lowest BCUT2D eigenvalue weighted by atomic mass is 9.99. The van der Waals surface area contributed by atoms with Gasteiger partial charge in [-0.15, -0.1) is 24.0 Å². The van der Waals surface area contributed by atoms with Gasteiger partial charge in [-0.2, -0.15) is 11.8 Å². The van der Waals surface area contributed by atoms with Gasteiger partial charge in [-0.1, -0.05) is 12.1 Å². The summed E-state index contributed by atoms with van der Waals surface area (Å²) in [6.07, 6.45) is 4.26. The molecule has 2 heterocycles. The van der Waals surface area contributed by atoms with Crippen LogP contribution in [0.5, 0.6) is 0 Å². The number of hydrogen-bond acceptors (Lipinski definition) is 5. The van der Waals surface area contributed by atoms with E-state index in [4.69, 9.17) is 9.47 Å². The van der Waals surface area contributed by atoms with Gasteiger partial charge in [0, 0.05) is 51.2 Å². The van der Waals surface area contributed by atoms with Crippen LogP contribution in [-0.2, 0) is 9.47 Å². The van der Waals surface area contributed by atoms with E-state index >= 15 is 0 Å². The number of benzene rings is 1. The van der Waals surface area contributed by atoms with E-state index in [9.17, 15) is 4.39 Å². The zero-order valence-electron chi connectivity index (χ0n) is 17.9. The average molecular weight is 552 g/mol. The molecule has 1 atom stereocenters. The molecule has 6 nitrogen and oxygen atoms in total. The number of nitrogens with zero attached hydrogens (tertiary/aromatic N) is 2. The summed E-state index contributed by atoms with van der Waals surface area (Å²) < 4.78 is 24.7. The largest absolute Gasteiger partial charge is 0.381 e. The van der Waals surface area contributed by atoms with Gasteiger partial charge in [0.1, 0.15) is 5.82 Å². The first-order valence-corrected chi connectivity index (χ1v) is 11.5. The molecule has 2 aliphatic rings. The smallest absolute Gasteiger partial charge is 0.191 e. The Morgan fingerprint density at radius 1 is 1.13 bits per heavy atom. The van der Waals surface area contributed by atoms with Crippen molar-refractivity contribution in [2.24, 2.45) is 4.99 Å². The summed E-state index contributed by atoms with van der Waals surface area (Å²) in [6.45, 7) is 6.37. The maximum absolute atomic E-state index is 13.4. The summed E-state index contributed by atoms with van der Waals surface area (Å²) in [4.78, 5) is 6.80. The number of halogens is 2. The summed E-state index contributed by atoms with van der Waals surface area (Å²) in [7, 11) is 1.80. The normalized spacial score (nSPS) is 20.8. The van der Waals surface area contributed by atoms with Gasteiger partial charge in [0.25, 0.3) is 0 Å². The van der Waals surface area contributed by atoms with Crippen LogP contribution in [0.25, 0.3) is 0 Å². The number of guanidine groups is 1. The third-order valence-corrected chi connectivity index (χ3v) is 7.26. The standard InChI is InChI=1S/C21H33FN4O2S.HI/c1-23-20(25-16-21(29-2)7-11-27-12-8-21)24-15-19(26-9-13-28-14-10-26)17-3-5-18(22)6-4-17;/h3-6,19H,7-16H2,1-2H3,(H2,23,24,25);1H. The van der Waals surface area contributed by atoms with E-state index in [1.54, 1.807) is 7.05 Å². The fourth-order valence-corrected chi connectivity index (χ4v) is 4.68. The Hall–Kier alpha value is -0.620. The molecule has 2 aliphatic heterocycles. The molecule has 2 N–H and O–H groups in total. The fraction of sp³-hybridized carbons (Fsp3) is 0.667. The number of aliphatic imine (C=N–C) groups is 1. The lowest BCUT2D eigenvalue weighted by molar-refractivity contribution is 0.0169. The highest BCUT2D eigenvalue weighted by molar-refractivity contribution is 14.0. The van der Waals surface area contributed by atoms with Crippen LogP contribution in [0, 0.1) is 5.82 Å². The Labute approximate surface area is 200 Å². The monoisotopic (exact) mass is 552 g/mol. The van der Waals surface area contributed by atoms with Crippen molar-refractivity contribution in [3.63, 3.8) is 0 Å². The minimum Gasteiger partial charge on any atom is -0.381 e. The van der Waals surface area contributed by atoms with Gasteiger partial charge in [-0.25, -0.2) is 4.39 Å². The highest BCUT2D eigenvalue weighted by atomic mass is 127. The van der Waals surface area contributed by atoms with E-state index in [-0.39, 0.29) is 40.6 Å². The molecule has 0 saturated carbocycles. The summed E-state index contributed by atoms with van der Waals surface area (Å²) >= 11 is 1.91. The number of hydrogen-bond donors (Lipinski definition) is 2. The van der Waals surface area contributed by atoms with Crippen molar-refractivity contribution in [2.45, 2.75) is 23.6 Å². The molecule has 0 aliphatic carbocycles. The Balaban J connectivity index is 0.00000320. The Morgan fingerprint density at radius 2 is 1.77 bits per heavy atom. The van der Waals surface area contributed by atoms with Crippen LogP contribution in [0.4, 0.5) is 4.39 Å². The summed E-state index contributed by atoms with van der Waals surface area (Å²) in [5.41, 5.74) is 1.10. The highest BCUT2D eigenvalue weighted by Crippen LogP contribution is 2.33. The maximum Gasteiger partial charge on any atom is 0.191 e. The Bertz CT molecular complexity index is 653. The molecule has 0 aromatic heterocycles. The van der Waals surface area contributed by atoms with Gasteiger partial charge in [-0.05, 0) is 36.8 Å². The molecule has 0 radical (unpaired) electrons. The lowest BCUT2D eigenvalue weighted by Gasteiger charge is -2.37. The van der Waals surface area contributed by atoms with E-state index in [1.807, 2.05) is 23.9 Å². The molecular formula is C21H34FIN4O2S. The van der Waals surface area contributed by atoms with Gasteiger partial charge < -0.3 is 20.1 Å². The predicted molar refractivity (Wildman–Crippen MR) is 133 cm³/mol. The molecule has 0 bridgehead atoms. The summed E-state index contributed by atoms with van der Waals surface area (Å²) in [6, 6.07) is 6.94. The van der Waals surface area contributed by atoms with E-state index in [1.165, 1.54) is 12.1 Å². The highest BCUT2D eigenvalue weighted by Gasteiger charge is 2.32.